The Morgan fingerprint density at radius 2 is 0.959 bits per heavy atom. The Balaban J connectivity index is 1.13. The van der Waals surface area contributed by atoms with Crippen LogP contribution in [0.4, 0.5) is 4.39 Å². The van der Waals surface area contributed by atoms with Crippen LogP contribution in [0.3, 0.4) is 0 Å². The van der Waals surface area contributed by atoms with E-state index in [4.69, 9.17) is 15.0 Å². The van der Waals surface area contributed by atoms with E-state index in [1.807, 2.05) is 60.7 Å². The monoisotopic (exact) mass is 638 g/mol. The van der Waals surface area contributed by atoms with Crippen LogP contribution < -0.4 is 0 Å². The van der Waals surface area contributed by atoms with Gasteiger partial charge in [0.25, 0.3) is 0 Å². The van der Waals surface area contributed by atoms with E-state index in [-0.39, 0.29) is 5.82 Å². The van der Waals surface area contributed by atoms with Crippen LogP contribution in [0.1, 0.15) is 49.7 Å². The second-order valence-corrected chi connectivity index (χ2v) is 14.4. The van der Waals surface area contributed by atoms with Crippen molar-refractivity contribution in [3.8, 4) is 62.5 Å². The van der Waals surface area contributed by atoms with Crippen molar-refractivity contribution in [1.82, 2.24) is 15.0 Å². The molecule has 4 nitrogen and oxygen atoms in total. The van der Waals surface area contributed by atoms with Gasteiger partial charge in [-0.2, -0.15) is 5.26 Å². The van der Waals surface area contributed by atoms with E-state index in [2.05, 4.69) is 42.5 Å². The number of rotatable bonds is 6. The Kier molecular flexibility index (Phi) is 7.20. The summed E-state index contributed by atoms with van der Waals surface area (Å²) >= 11 is 0. The molecule has 0 unspecified atom stereocenters. The molecule has 0 atom stereocenters. The van der Waals surface area contributed by atoms with Crippen LogP contribution in [-0.4, -0.2) is 15.0 Å². The molecule has 4 aliphatic rings. The SMILES string of the molecule is N#Cc1cccc(-c2cccc(-c3nc(-c4ccc(C56CC7CC(CC(C7)C5)C6)cc4)nc(-c4cccc(-c5ccc(F)cc5)c4)n3)c2)c1. The normalized spacial score (nSPS) is 22.2. The van der Waals surface area contributed by atoms with Crippen molar-refractivity contribution in [2.45, 2.75) is 43.9 Å². The molecule has 4 fully saturated rings. The molecule has 0 amide bonds. The van der Waals surface area contributed by atoms with E-state index in [1.165, 1.54) is 56.2 Å². The molecule has 0 saturated heterocycles. The minimum Gasteiger partial charge on any atom is -0.208 e. The fraction of sp³-hybridized carbons (Fsp3) is 0.227. The summed E-state index contributed by atoms with van der Waals surface area (Å²) in [6, 6.07) is 41.7. The van der Waals surface area contributed by atoms with E-state index < -0.39 is 0 Å². The molecule has 6 aromatic rings. The predicted octanol–water partition coefficient (Wildman–Crippen LogP) is 10.7. The molecule has 0 radical (unpaired) electrons. The first-order valence-electron chi connectivity index (χ1n) is 17.3. The van der Waals surface area contributed by atoms with E-state index in [9.17, 15) is 9.65 Å². The molecular weight excluding hydrogens is 604 g/mol. The quantitative estimate of drug-likeness (QED) is 0.182. The number of nitrogens with zero attached hydrogens (tertiary/aromatic N) is 4. The minimum absolute atomic E-state index is 0.262. The highest BCUT2D eigenvalue weighted by molar-refractivity contribution is 5.75. The summed E-state index contributed by atoms with van der Waals surface area (Å²) < 4.78 is 13.7. The van der Waals surface area contributed by atoms with E-state index in [1.54, 1.807) is 12.1 Å². The minimum atomic E-state index is -0.262. The van der Waals surface area contributed by atoms with Crippen molar-refractivity contribution < 1.29 is 4.39 Å². The van der Waals surface area contributed by atoms with Gasteiger partial charge in [-0.1, -0.05) is 84.9 Å². The largest absolute Gasteiger partial charge is 0.208 e. The maximum absolute atomic E-state index is 13.7. The molecule has 5 heteroatoms. The van der Waals surface area contributed by atoms with E-state index in [0.29, 0.717) is 28.5 Å². The molecule has 49 heavy (non-hydrogen) atoms. The third-order valence-electron chi connectivity index (χ3n) is 11.2. The number of hydrogen-bond acceptors (Lipinski definition) is 4. The first-order valence-corrected chi connectivity index (χ1v) is 17.3. The van der Waals surface area contributed by atoms with Crippen molar-refractivity contribution in [3.05, 3.63) is 138 Å². The van der Waals surface area contributed by atoms with Crippen LogP contribution >= 0.6 is 0 Å². The van der Waals surface area contributed by atoms with Gasteiger partial charge in [-0.3, -0.25) is 0 Å². The van der Waals surface area contributed by atoms with Gasteiger partial charge in [-0.15, -0.1) is 0 Å². The smallest absolute Gasteiger partial charge is 0.164 e. The number of aromatic nitrogens is 3. The van der Waals surface area contributed by atoms with Gasteiger partial charge in [0.15, 0.2) is 17.5 Å². The maximum atomic E-state index is 13.7. The summed E-state index contributed by atoms with van der Waals surface area (Å²) in [6.07, 6.45) is 8.28. The van der Waals surface area contributed by atoms with E-state index in [0.717, 1.165) is 56.7 Å². The summed E-state index contributed by atoms with van der Waals surface area (Å²) in [6.45, 7) is 0. The molecule has 1 heterocycles. The number of nitriles is 1. The molecule has 5 aromatic carbocycles. The zero-order valence-electron chi connectivity index (χ0n) is 27.2. The topological polar surface area (TPSA) is 62.5 Å². The zero-order chi connectivity index (χ0) is 33.0. The highest BCUT2D eigenvalue weighted by Crippen LogP contribution is 2.60. The van der Waals surface area contributed by atoms with Gasteiger partial charge in [0, 0.05) is 16.7 Å². The average molecular weight is 639 g/mol. The number of benzene rings is 5. The summed E-state index contributed by atoms with van der Waals surface area (Å²) in [5.41, 5.74) is 8.93. The Hall–Kier alpha value is -5.47. The standard InChI is InChI=1S/C44H35FN4/c45-40-16-12-32(13-17-40)35-6-2-8-37(22-35)42-47-41(33-10-14-39(15-11-33)44-24-29-18-30(25-44)20-31(19-29)26-44)48-43(49-42)38-9-3-7-36(23-38)34-5-1-4-28(21-34)27-46/h1-17,21-23,29-31H,18-20,24-26H2. The highest BCUT2D eigenvalue weighted by Gasteiger charge is 2.51. The molecule has 10 rings (SSSR count). The van der Waals surface area contributed by atoms with Crippen LogP contribution in [0.5, 0.6) is 0 Å². The zero-order valence-corrected chi connectivity index (χ0v) is 27.2. The van der Waals surface area contributed by atoms with Crippen molar-refractivity contribution in [3.63, 3.8) is 0 Å². The number of halogens is 1. The van der Waals surface area contributed by atoms with Crippen LogP contribution in [0, 0.1) is 34.9 Å². The Morgan fingerprint density at radius 1 is 0.510 bits per heavy atom. The van der Waals surface area contributed by atoms with Gasteiger partial charge in [0.1, 0.15) is 5.82 Å². The lowest BCUT2D eigenvalue weighted by Gasteiger charge is -2.57. The molecule has 0 aliphatic heterocycles. The molecule has 4 bridgehead atoms. The van der Waals surface area contributed by atoms with Crippen molar-refractivity contribution >= 4 is 0 Å². The maximum Gasteiger partial charge on any atom is 0.164 e. The molecule has 0 N–H and O–H groups in total. The number of hydrogen-bond donors (Lipinski definition) is 0. The summed E-state index contributed by atoms with van der Waals surface area (Å²) in [5, 5.41) is 9.48. The van der Waals surface area contributed by atoms with Crippen molar-refractivity contribution in [2.24, 2.45) is 17.8 Å². The lowest BCUT2D eigenvalue weighted by atomic mass is 9.48. The fourth-order valence-corrected chi connectivity index (χ4v) is 9.29. The van der Waals surface area contributed by atoms with Gasteiger partial charge in [-0.25, -0.2) is 19.3 Å². The van der Waals surface area contributed by atoms with Crippen molar-refractivity contribution in [2.75, 3.05) is 0 Å². The van der Waals surface area contributed by atoms with Gasteiger partial charge in [0.05, 0.1) is 11.6 Å². The lowest BCUT2D eigenvalue weighted by Crippen LogP contribution is -2.48. The fourth-order valence-electron chi connectivity index (χ4n) is 9.29. The van der Waals surface area contributed by atoms with Gasteiger partial charge in [0.2, 0.25) is 0 Å². The Labute approximate surface area is 286 Å². The average Bonchev–Trinajstić information content (AvgIpc) is 3.14. The van der Waals surface area contributed by atoms with Gasteiger partial charge in [-0.05, 0) is 126 Å². The molecule has 4 saturated carbocycles. The molecular formula is C44H35FN4. The van der Waals surface area contributed by atoms with Crippen LogP contribution in [0.25, 0.3) is 56.4 Å². The first-order chi connectivity index (χ1) is 24.0. The Morgan fingerprint density at radius 3 is 1.51 bits per heavy atom. The van der Waals surface area contributed by atoms with Gasteiger partial charge < -0.3 is 0 Å². The van der Waals surface area contributed by atoms with Crippen LogP contribution in [0.15, 0.2) is 121 Å². The third-order valence-corrected chi connectivity index (χ3v) is 11.2. The van der Waals surface area contributed by atoms with Crippen LogP contribution in [-0.2, 0) is 5.41 Å². The Bertz CT molecular complexity index is 2200. The van der Waals surface area contributed by atoms with Crippen molar-refractivity contribution in [1.29, 1.82) is 5.26 Å². The second kappa shape index (κ2) is 11.9. The summed E-state index contributed by atoms with van der Waals surface area (Å²) in [4.78, 5) is 15.1. The van der Waals surface area contributed by atoms with Crippen LogP contribution in [0.2, 0.25) is 0 Å². The predicted molar refractivity (Wildman–Crippen MR) is 192 cm³/mol. The van der Waals surface area contributed by atoms with Gasteiger partial charge >= 0.3 is 0 Å². The molecule has 4 aliphatic carbocycles. The first kappa shape index (κ1) is 29.7. The highest BCUT2D eigenvalue weighted by atomic mass is 19.1. The molecule has 1 aromatic heterocycles. The second-order valence-electron chi connectivity index (χ2n) is 14.4. The third kappa shape index (κ3) is 5.62. The lowest BCUT2D eigenvalue weighted by molar-refractivity contribution is -0.00518. The molecule has 0 spiro atoms. The summed E-state index contributed by atoms with van der Waals surface area (Å²) in [5.74, 6) is 4.19. The van der Waals surface area contributed by atoms with E-state index >= 15 is 0 Å². The molecule has 238 valence electrons. The summed E-state index contributed by atoms with van der Waals surface area (Å²) in [7, 11) is 0.